The summed E-state index contributed by atoms with van der Waals surface area (Å²) in [5.74, 6) is 0.593. The van der Waals surface area contributed by atoms with Crippen LogP contribution < -0.4 is 9.46 Å². The Kier molecular flexibility index (Phi) is 5.37. The molecule has 0 atom stereocenters. The largest absolute Gasteiger partial charge is 0.497 e. The number of imidazole rings is 1. The lowest BCUT2D eigenvalue weighted by Gasteiger charge is -2.09. The number of benzene rings is 2. The number of nitrogens with one attached hydrogen (secondary N) is 1. The Morgan fingerprint density at radius 3 is 2.52 bits per heavy atom. The fraction of sp³-hybridized carbons (Fsp3) is 0.0500. The van der Waals surface area contributed by atoms with Gasteiger partial charge in [-0.15, -0.1) is 0 Å². The summed E-state index contributed by atoms with van der Waals surface area (Å²) in [7, 11) is -2.19. The van der Waals surface area contributed by atoms with E-state index in [1.165, 1.54) is 19.2 Å². The average Bonchev–Trinajstić information content (AvgIpc) is 3.12. The Morgan fingerprint density at radius 2 is 1.79 bits per heavy atom. The molecular weight excluding hydrogens is 522 g/mol. The Labute approximate surface area is 184 Å². The van der Waals surface area contributed by atoms with Gasteiger partial charge in [0.1, 0.15) is 5.75 Å². The van der Waals surface area contributed by atoms with Crippen molar-refractivity contribution in [3.05, 3.63) is 75.9 Å². The molecule has 4 aromatic rings. The maximum atomic E-state index is 12.7. The van der Waals surface area contributed by atoms with E-state index >= 15 is 0 Å². The molecule has 0 saturated carbocycles. The third kappa shape index (κ3) is 4.17. The zero-order chi connectivity index (χ0) is 20.6. The third-order valence-electron chi connectivity index (χ3n) is 4.25. The first-order chi connectivity index (χ1) is 13.9. The van der Waals surface area contributed by atoms with E-state index in [2.05, 4.69) is 41.6 Å². The molecule has 6 nitrogen and oxygen atoms in total. The molecule has 1 N–H and O–H groups in total. The van der Waals surface area contributed by atoms with Crippen molar-refractivity contribution in [3.8, 4) is 17.0 Å². The minimum absolute atomic E-state index is 0.158. The molecule has 0 aliphatic carbocycles. The van der Waals surface area contributed by atoms with Crippen molar-refractivity contribution >= 4 is 53.2 Å². The van der Waals surface area contributed by atoms with E-state index in [0.717, 1.165) is 25.8 Å². The van der Waals surface area contributed by atoms with Gasteiger partial charge in [-0.05, 0) is 74.3 Å². The molecule has 0 bridgehead atoms. The molecule has 0 fully saturated rings. The summed E-state index contributed by atoms with van der Waals surface area (Å²) in [4.78, 5) is 4.80. The first kappa shape index (κ1) is 19.9. The number of anilines is 1. The van der Waals surface area contributed by atoms with E-state index in [4.69, 9.17) is 4.74 Å². The number of fused-ring (bicyclic) bond motifs is 1. The number of halogens is 2. The van der Waals surface area contributed by atoms with Crippen LogP contribution in [0.5, 0.6) is 5.75 Å². The van der Waals surface area contributed by atoms with Crippen molar-refractivity contribution in [3.63, 3.8) is 0 Å². The highest BCUT2D eigenvalue weighted by Crippen LogP contribution is 2.28. The van der Waals surface area contributed by atoms with Crippen LogP contribution in [0.4, 0.5) is 5.69 Å². The molecule has 0 unspecified atom stereocenters. The van der Waals surface area contributed by atoms with Crippen LogP contribution in [0.15, 0.2) is 80.8 Å². The predicted octanol–water partition coefficient (Wildman–Crippen LogP) is 5.34. The number of aromatic nitrogens is 2. The van der Waals surface area contributed by atoms with Crippen molar-refractivity contribution in [1.82, 2.24) is 9.38 Å². The molecule has 0 aliphatic rings. The second-order valence-corrected chi connectivity index (χ2v) is 9.68. The van der Waals surface area contributed by atoms with Crippen molar-refractivity contribution in [2.45, 2.75) is 4.90 Å². The fourth-order valence-electron chi connectivity index (χ4n) is 2.87. The number of ether oxygens (including phenoxy) is 1. The molecule has 0 radical (unpaired) electrons. The first-order valence-electron chi connectivity index (χ1n) is 8.47. The van der Waals surface area contributed by atoms with Crippen LogP contribution in [-0.2, 0) is 10.0 Å². The smallest absolute Gasteiger partial charge is 0.261 e. The highest BCUT2D eigenvalue weighted by molar-refractivity contribution is 9.11. The van der Waals surface area contributed by atoms with E-state index in [-0.39, 0.29) is 4.90 Å². The standard InChI is InChI=1S/C20H15Br2N3O3S/c1-28-16-5-7-17(8-6-16)29(26,27)24-15-4-2-3-13(9-15)19-12-25-11-14(21)10-18(22)20(25)23-19/h2-12,24H,1H3. The molecule has 0 saturated heterocycles. The van der Waals surface area contributed by atoms with Gasteiger partial charge in [0.2, 0.25) is 0 Å². The predicted molar refractivity (Wildman–Crippen MR) is 120 cm³/mol. The summed E-state index contributed by atoms with van der Waals surface area (Å²) in [6.07, 6.45) is 3.80. The van der Waals surface area contributed by atoms with Crippen LogP contribution in [0.3, 0.4) is 0 Å². The lowest BCUT2D eigenvalue weighted by molar-refractivity contribution is 0.414. The molecule has 2 heterocycles. The Morgan fingerprint density at radius 1 is 1.03 bits per heavy atom. The molecule has 9 heteroatoms. The number of sulfonamides is 1. The second-order valence-electron chi connectivity index (χ2n) is 6.23. The maximum Gasteiger partial charge on any atom is 0.261 e. The molecule has 0 amide bonds. The van der Waals surface area contributed by atoms with Crippen LogP contribution in [0, 0.1) is 0 Å². The van der Waals surface area contributed by atoms with Gasteiger partial charge in [0, 0.05) is 28.1 Å². The van der Waals surface area contributed by atoms with Gasteiger partial charge in [-0.2, -0.15) is 0 Å². The minimum Gasteiger partial charge on any atom is -0.497 e. The van der Waals surface area contributed by atoms with Crippen LogP contribution >= 0.6 is 31.9 Å². The van der Waals surface area contributed by atoms with Gasteiger partial charge in [-0.1, -0.05) is 12.1 Å². The van der Waals surface area contributed by atoms with Crippen LogP contribution in [-0.4, -0.2) is 24.9 Å². The lowest BCUT2D eigenvalue weighted by atomic mass is 10.1. The molecular formula is C20H15Br2N3O3S. The summed E-state index contributed by atoms with van der Waals surface area (Å²) in [6.45, 7) is 0. The number of nitrogens with zero attached hydrogens (tertiary/aromatic N) is 2. The molecule has 2 aromatic carbocycles. The number of hydrogen-bond acceptors (Lipinski definition) is 4. The summed E-state index contributed by atoms with van der Waals surface area (Å²) in [5, 5.41) is 0. The quantitative estimate of drug-likeness (QED) is 0.374. The number of hydrogen-bond donors (Lipinski definition) is 1. The molecule has 2 aromatic heterocycles. The summed E-state index contributed by atoms with van der Waals surface area (Å²) >= 11 is 6.97. The van der Waals surface area contributed by atoms with Crippen LogP contribution in [0.2, 0.25) is 0 Å². The minimum atomic E-state index is -3.72. The molecule has 148 valence electrons. The summed E-state index contributed by atoms with van der Waals surface area (Å²) in [5.41, 5.74) is 2.75. The van der Waals surface area contributed by atoms with Crippen molar-refractivity contribution < 1.29 is 13.2 Å². The van der Waals surface area contributed by atoms with Crippen molar-refractivity contribution in [2.24, 2.45) is 0 Å². The zero-order valence-electron chi connectivity index (χ0n) is 15.1. The van der Waals surface area contributed by atoms with Crippen molar-refractivity contribution in [2.75, 3.05) is 11.8 Å². The average molecular weight is 537 g/mol. The summed E-state index contributed by atoms with van der Waals surface area (Å²) in [6, 6.07) is 15.3. The van der Waals surface area contributed by atoms with Gasteiger partial charge >= 0.3 is 0 Å². The van der Waals surface area contributed by atoms with E-state index in [1.54, 1.807) is 30.3 Å². The molecule has 29 heavy (non-hydrogen) atoms. The van der Waals surface area contributed by atoms with Crippen LogP contribution in [0.25, 0.3) is 16.9 Å². The van der Waals surface area contributed by atoms with E-state index in [9.17, 15) is 8.42 Å². The maximum absolute atomic E-state index is 12.7. The number of rotatable bonds is 5. The zero-order valence-corrected chi connectivity index (χ0v) is 19.1. The fourth-order valence-corrected chi connectivity index (χ4v) is 5.22. The Balaban J connectivity index is 1.66. The highest BCUT2D eigenvalue weighted by Gasteiger charge is 2.15. The van der Waals surface area contributed by atoms with E-state index in [1.807, 2.05) is 28.9 Å². The van der Waals surface area contributed by atoms with Gasteiger partial charge in [0.25, 0.3) is 10.0 Å². The highest BCUT2D eigenvalue weighted by atomic mass is 79.9. The van der Waals surface area contributed by atoms with Gasteiger partial charge < -0.3 is 9.14 Å². The lowest BCUT2D eigenvalue weighted by Crippen LogP contribution is -2.12. The monoisotopic (exact) mass is 535 g/mol. The van der Waals surface area contributed by atoms with Gasteiger partial charge in [-0.25, -0.2) is 13.4 Å². The molecule has 0 spiro atoms. The third-order valence-corrected chi connectivity index (χ3v) is 6.67. The first-order valence-corrected chi connectivity index (χ1v) is 11.5. The second kappa shape index (κ2) is 7.81. The topological polar surface area (TPSA) is 72.7 Å². The Hall–Kier alpha value is -2.36. The van der Waals surface area contributed by atoms with Gasteiger partial charge in [0.15, 0.2) is 5.65 Å². The summed E-state index contributed by atoms with van der Waals surface area (Å²) < 4.78 is 36.7. The molecule has 0 aliphatic heterocycles. The van der Waals surface area contributed by atoms with Crippen LogP contribution in [0.1, 0.15) is 0 Å². The SMILES string of the molecule is COc1ccc(S(=O)(=O)Nc2cccc(-c3cn4cc(Br)cc(Br)c4n3)c2)cc1. The Bertz CT molecular complexity index is 1300. The normalized spacial score (nSPS) is 11.6. The van der Waals surface area contributed by atoms with Gasteiger partial charge in [-0.3, -0.25) is 4.72 Å². The van der Waals surface area contributed by atoms with Crippen molar-refractivity contribution in [1.29, 1.82) is 0 Å². The number of methoxy groups -OCH3 is 1. The number of pyridine rings is 1. The van der Waals surface area contributed by atoms with E-state index in [0.29, 0.717) is 11.4 Å². The molecule has 4 rings (SSSR count). The van der Waals surface area contributed by atoms with E-state index < -0.39 is 10.0 Å². The van der Waals surface area contributed by atoms with Gasteiger partial charge in [0.05, 0.1) is 22.2 Å².